The molecule has 2 saturated heterocycles. The van der Waals surface area contributed by atoms with Gasteiger partial charge in [-0.05, 0) is 81.5 Å². The SMILES string of the molecule is COc1ccc(C23C(=O)N(Nc4ccc(Cl)cc4Cl)C(=O)C2CC2C(=CCC4C(=O)N(C(C)(C)C)C(=O)C42)C3c2ccccc2O)cc1. The summed E-state index contributed by atoms with van der Waals surface area (Å²) in [7, 11) is 1.54. The summed E-state index contributed by atoms with van der Waals surface area (Å²) >= 11 is 12.6. The van der Waals surface area contributed by atoms with Gasteiger partial charge >= 0.3 is 0 Å². The van der Waals surface area contributed by atoms with Crippen molar-refractivity contribution in [2.24, 2.45) is 23.7 Å². The minimum atomic E-state index is -1.54. The Hall–Kier alpha value is -4.34. The number of amides is 4. The molecule has 0 spiro atoms. The summed E-state index contributed by atoms with van der Waals surface area (Å²) in [5.41, 5.74) is 2.76. The van der Waals surface area contributed by atoms with E-state index in [2.05, 4.69) is 5.43 Å². The standard InChI is InChI=1S/C37H35Cl2N3O6/c1-36(2,3)41-32(44)24-15-14-22-25(30(24)34(41)46)18-26-33(45)42(40-28-16-11-20(38)17-27(28)39)35(47)37(26,19-9-12-21(48-4)13-10-19)31(22)23-7-5-6-8-29(23)43/h5-14,16-17,24-26,30-31,40,43H,15,18H2,1-4H3. The molecule has 0 bridgehead atoms. The summed E-state index contributed by atoms with van der Waals surface area (Å²) < 4.78 is 5.43. The van der Waals surface area contributed by atoms with Gasteiger partial charge in [0.05, 0.1) is 41.0 Å². The number of halogens is 2. The van der Waals surface area contributed by atoms with E-state index < -0.39 is 52.4 Å². The van der Waals surface area contributed by atoms with Crippen LogP contribution < -0.4 is 10.2 Å². The highest BCUT2D eigenvalue weighted by molar-refractivity contribution is 6.36. The van der Waals surface area contributed by atoms with Gasteiger partial charge < -0.3 is 9.84 Å². The van der Waals surface area contributed by atoms with Crippen molar-refractivity contribution in [3.05, 3.63) is 99.6 Å². The van der Waals surface area contributed by atoms with Gasteiger partial charge in [-0.15, -0.1) is 0 Å². The molecule has 2 aliphatic carbocycles. The Bertz CT molecular complexity index is 1900. The monoisotopic (exact) mass is 687 g/mol. The first kappa shape index (κ1) is 32.2. The number of methoxy groups -OCH3 is 1. The number of carbonyl (C=O) groups excluding carboxylic acids is 4. The van der Waals surface area contributed by atoms with Crippen LogP contribution in [-0.2, 0) is 24.6 Å². The van der Waals surface area contributed by atoms with Gasteiger partial charge in [0.15, 0.2) is 0 Å². The van der Waals surface area contributed by atoms with Crippen molar-refractivity contribution in [2.45, 2.75) is 50.5 Å². The van der Waals surface area contributed by atoms with Gasteiger partial charge in [0.1, 0.15) is 11.5 Å². The number of phenols is 1. The number of fused-ring (bicyclic) bond motifs is 4. The minimum absolute atomic E-state index is 0.0460. The number of hydrogen-bond donors (Lipinski definition) is 2. The maximum Gasteiger partial charge on any atom is 0.260 e. The number of likely N-dealkylation sites (tertiary alicyclic amines) is 1. The normalized spacial score (nSPS) is 28.2. The first-order valence-electron chi connectivity index (χ1n) is 15.9. The summed E-state index contributed by atoms with van der Waals surface area (Å²) in [5.74, 6) is -4.69. The molecule has 0 aromatic heterocycles. The van der Waals surface area contributed by atoms with Crippen LogP contribution >= 0.6 is 23.2 Å². The molecule has 9 nitrogen and oxygen atoms in total. The van der Waals surface area contributed by atoms with Gasteiger partial charge in [-0.2, -0.15) is 5.01 Å². The number of hydrazine groups is 1. The molecule has 4 amide bonds. The van der Waals surface area contributed by atoms with Gasteiger partial charge in [0.2, 0.25) is 11.8 Å². The largest absolute Gasteiger partial charge is 0.508 e. The van der Waals surface area contributed by atoms with Crippen molar-refractivity contribution in [3.63, 3.8) is 0 Å². The Kier molecular flexibility index (Phi) is 7.64. The zero-order chi connectivity index (χ0) is 34.3. The van der Waals surface area contributed by atoms with Crippen LogP contribution in [0.1, 0.15) is 50.7 Å². The number of imide groups is 2. The van der Waals surface area contributed by atoms with E-state index in [1.807, 2.05) is 26.8 Å². The fourth-order valence-corrected chi connectivity index (χ4v) is 9.03. The number of phenolic OH excluding ortho intramolecular Hbond substituents is 1. The van der Waals surface area contributed by atoms with E-state index in [1.54, 1.807) is 67.8 Å². The Morgan fingerprint density at radius 1 is 0.917 bits per heavy atom. The Morgan fingerprint density at radius 2 is 1.62 bits per heavy atom. The zero-order valence-electron chi connectivity index (χ0n) is 26.9. The van der Waals surface area contributed by atoms with Crippen molar-refractivity contribution in [1.29, 1.82) is 0 Å². The highest BCUT2D eigenvalue weighted by atomic mass is 35.5. The summed E-state index contributed by atoms with van der Waals surface area (Å²) in [6, 6.07) is 18.5. The van der Waals surface area contributed by atoms with Crippen LogP contribution in [-0.4, -0.2) is 51.3 Å². The lowest BCUT2D eigenvalue weighted by molar-refractivity contribution is -0.146. The summed E-state index contributed by atoms with van der Waals surface area (Å²) in [4.78, 5) is 59.3. The maximum atomic E-state index is 15.2. The summed E-state index contributed by atoms with van der Waals surface area (Å²) in [5, 5.41) is 13.0. The molecule has 6 atom stereocenters. The van der Waals surface area contributed by atoms with Crippen LogP contribution in [0.2, 0.25) is 10.0 Å². The highest BCUT2D eigenvalue weighted by Gasteiger charge is 2.71. The minimum Gasteiger partial charge on any atom is -0.508 e. The van der Waals surface area contributed by atoms with Gasteiger partial charge in [0, 0.05) is 22.0 Å². The predicted octanol–water partition coefficient (Wildman–Crippen LogP) is 6.49. The first-order chi connectivity index (χ1) is 22.8. The number of anilines is 1. The molecule has 6 unspecified atom stereocenters. The summed E-state index contributed by atoms with van der Waals surface area (Å²) in [6.45, 7) is 5.50. The van der Waals surface area contributed by atoms with Crippen LogP contribution in [0.15, 0.2) is 78.4 Å². The lowest BCUT2D eigenvalue weighted by Crippen LogP contribution is -2.53. The number of hydrogen-bond acceptors (Lipinski definition) is 7. The number of ether oxygens (including phenoxy) is 1. The maximum absolute atomic E-state index is 15.2. The van der Waals surface area contributed by atoms with Crippen LogP contribution in [0.4, 0.5) is 5.69 Å². The highest BCUT2D eigenvalue weighted by Crippen LogP contribution is 2.65. The van der Waals surface area contributed by atoms with Crippen molar-refractivity contribution in [3.8, 4) is 11.5 Å². The fourth-order valence-electron chi connectivity index (χ4n) is 8.58. The topological polar surface area (TPSA) is 116 Å². The van der Waals surface area contributed by atoms with Gasteiger partial charge in [-0.3, -0.25) is 29.5 Å². The summed E-state index contributed by atoms with van der Waals surface area (Å²) in [6.07, 6.45) is 2.40. The van der Waals surface area contributed by atoms with Gasteiger partial charge in [-0.1, -0.05) is 65.2 Å². The number of carbonyl (C=O) groups is 4. The molecule has 0 radical (unpaired) electrons. The number of rotatable bonds is 5. The lowest BCUT2D eigenvalue weighted by atomic mass is 9.49. The fraction of sp³-hybridized carbons (Fsp3) is 0.351. The average molecular weight is 689 g/mol. The van der Waals surface area contributed by atoms with Crippen molar-refractivity contribution < 1.29 is 29.0 Å². The quantitative estimate of drug-likeness (QED) is 0.233. The second-order valence-corrected chi connectivity index (χ2v) is 14.8. The molecule has 3 fully saturated rings. The van der Waals surface area contributed by atoms with Crippen LogP contribution in [0.25, 0.3) is 0 Å². The van der Waals surface area contributed by atoms with E-state index in [4.69, 9.17) is 27.9 Å². The first-order valence-corrected chi connectivity index (χ1v) is 16.7. The number of para-hydroxylation sites is 1. The van der Waals surface area contributed by atoms with E-state index in [-0.39, 0.29) is 29.0 Å². The molecule has 3 aromatic carbocycles. The number of allylic oxidation sites excluding steroid dienone is 2. The Labute approximate surface area is 288 Å². The Morgan fingerprint density at radius 3 is 2.27 bits per heavy atom. The van der Waals surface area contributed by atoms with E-state index in [9.17, 15) is 19.5 Å². The second kappa shape index (κ2) is 11.4. The predicted molar refractivity (Wildman–Crippen MR) is 180 cm³/mol. The average Bonchev–Trinajstić information content (AvgIpc) is 3.44. The molecule has 2 heterocycles. The van der Waals surface area contributed by atoms with E-state index >= 15 is 4.79 Å². The smallest absolute Gasteiger partial charge is 0.260 e. The van der Waals surface area contributed by atoms with E-state index in [1.165, 1.54) is 11.0 Å². The molecule has 2 aliphatic heterocycles. The molecule has 11 heteroatoms. The van der Waals surface area contributed by atoms with Crippen molar-refractivity contribution in [1.82, 2.24) is 9.91 Å². The molecule has 7 rings (SSSR count). The number of benzene rings is 3. The van der Waals surface area contributed by atoms with Crippen LogP contribution in [0, 0.1) is 23.7 Å². The molecular formula is C37H35Cl2N3O6. The zero-order valence-corrected chi connectivity index (χ0v) is 28.4. The third kappa shape index (κ3) is 4.58. The molecule has 4 aliphatic rings. The molecule has 1 saturated carbocycles. The molecular weight excluding hydrogens is 653 g/mol. The molecule has 2 N–H and O–H groups in total. The van der Waals surface area contributed by atoms with E-state index in [0.29, 0.717) is 34.0 Å². The number of nitrogens with one attached hydrogen (secondary N) is 1. The molecule has 3 aromatic rings. The van der Waals surface area contributed by atoms with Crippen LogP contribution in [0.5, 0.6) is 11.5 Å². The number of nitrogens with zero attached hydrogens (tertiary/aromatic N) is 2. The van der Waals surface area contributed by atoms with Crippen LogP contribution in [0.3, 0.4) is 0 Å². The van der Waals surface area contributed by atoms with Crippen molar-refractivity contribution >= 4 is 52.5 Å². The molecule has 248 valence electrons. The second-order valence-electron chi connectivity index (χ2n) is 14.0. The van der Waals surface area contributed by atoms with Crippen molar-refractivity contribution in [2.75, 3.05) is 12.5 Å². The number of aromatic hydroxyl groups is 1. The third-order valence-corrected chi connectivity index (χ3v) is 11.0. The Balaban J connectivity index is 1.46. The van der Waals surface area contributed by atoms with Gasteiger partial charge in [-0.25, -0.2) is 0 Å². The third-order valence-electron chi connectivity index (χ3n) is 10.5. The van der Waals surface area contributed by atoms with E-state index in [0.717, 1.165) is 10.6 Å². The molecule has 48 heavy (non-hydrogen) atoms. The van der Waals surface area contributed by atoms with Gasteiger partial charge in [0.25, 0.3) is 11.8 Å². The lowest BCUT2D eigenvalue weighted by Gasteiger charge is -2.50.